The van der Waals surface area contributed by atoms with E-state index in [1.807, 2.05) is 0 Å². The molecule has 2 atom stereocenters. The number of nitrogens with one attached hydrogen (secondary N) is 1. The van der Waals surface area contributed by atoms with E-state index in [0.717, 1.165) is 0 Å². The number of hydrogen-bond donors (Lipinski definition) is 1. The maximum atomic E-state index is 12.9. The molecule has 3 rings (SSSR count). The van der Waals surface area contributed by atoms with E-state index in [1.165, 1.54) is 10.6 Å². The van der Waals surface area contributed by atoms with Crippen LogP contribution in [-0.4, -0.2) is 67.3 Å². The van der Waals surface area contributed by atoms with Crippen LogP contribution in [0.15, 0.2) is 23.1 Å². The van der Waals surface area contributed by atoms with Crippen molar-refractivity contribution in [2.24, 2.45) is 12.5 Å². The van der Waals surface area contributed by atoms with Crippen LogP contribution >= 0.6 is 0 Å². The molecule has 0 saturated carbocycles. The van der Waals surface area contributed by atoms with Crippen LogP contribution in [0.3, 0.4) is 0 Å². The highest BCUT2D eigenvalue weighted by Gasteiger charge is 2.54. The lowest BCUT2D eigenvalue weighted by atomic mass is 9.75. The highest BCUT2D eigenvalue weighted by molar-refractivity contribution is 5.95. The summed E-state index contributed by atoms with van der Waals surface area (Å²) in [6.45, 7) is 2.06. The van der Waals surface area contributed by atoms with E-state index in [9.17, 15) is 14.4 Å². The lowest BCUT2D eigenvalue weighted by Gasteiger charge is -2.42. The van der Waals surface area contributed by atoms with Crippen LogP contribution in [0.25, 0.3) is 0 Å². The highest BCUT2D eigenvalue weighted by atomic mass is 16.5. The van der Waals surface area contributed by atoms with Gasteiger partial charge in [0.25, 0.3) is 11.5 Å². The molecule has 2 aliphatic heterocycles. The molecule has 0 radical (unpaired) electrons. The van der Waals surface area contributed by atoms with Crippen molar-refractivity contribution in [1.29, 1.82) is 0 Å². The third-order valence-electron chi connectivity index (χ3n) is 5.30. The van der Waals surface area contributed by atoms with E-state index in [2.05, 4.69) is 5.32 Å². The average molecular weight is 363 g/mol. The van der Waals surface area contributed by atoms with Gasteiger partial charge in [0, 0.05) is 46.6 Å². The molecule has 142 valence electrons. The van der Waals surface area contributed by atoms with Gasteiger partial charge in [-0.2, -0.15) is 0 Å². The van der Waals surface area contributed by atoms with Crippen LogP contribution < -0.4 is 10.9 Å². The van der Waals surface area contributed by atoms with Crippen LogP contribution in [0.2, 0.25) is 0 Å². The van der Waals surface area contributed by atoms with E-state index >= 15 is 0 Å². The highest BCUT2D eigenvalue weighted by Crippen LogP contribution is 2.41. The van der Waals surface area contributed by atoms with Gasteiger partial charge in [-0.15, -0.1) is 0 Å². The number of carbonyl (C=O) groups excluding carboxylic acids is 2. The van der Waals surface area contributed by atoms with Crippen molar-refractivity contribution in [3.8, 4) is 0 Å². The molecule has 3 heterocycles. The standard InChI is InChI=1S/C18H25N3O5/c1-20-8-3-4-13(15(20)22)16(23)21-9-5-14-18(12-21,6-10-26-14)17(24)19-7-11-25-2/h3-4,8,14H,5-7,9-12H2,1-2H3,(H,19,24)/t14-,18-/m1/s1. The molecule has 26 heavy (non-hydrogen) atoms. The number of carbonyl (C=O) groups is 2. The molecule has 0 spiro atoms. The normalized spacial score (nSPS) is 25.0. The van der Waals surface area contributed by atoms with Gasteiger partial charge in [-0.05, 0) is 25.0 Å². The van der Waals surface area contributed by atoms with Gasteiger partial charge in [0.1, 0.15) is 5.56 Å². The fourth-order valence-electron chi connectivity index (χ4n) is 3.82. The van der Waals surface area contributed by atoms with Gasteiger partial charge in [0.2, 0.25) is 5.91 Å². The Hall–Kier alpha value is -2.19. The Labute approximate surface area is 152 Å². The van der Waals surface area contributed by atoms with Crippen LogP contribution in [-0.2, 0) is 21.3 Å². The molecule has 0 bridgehead atoms. The Morgan fingerprint density at radius 2 is 2.27 bits per heavy atom. The first-order chi connectivity index (χ1) is 12.5. The summed E-state index contributed by atoms with van der Waals surface area (Å²) in [6, 6.07) is 3.21. The third kappa shape index (κ3) is 3.26. The van der Waals surface area contributed by atoms with Gasteiger partial charge in [-0.1, -0.05) is 0 Å². The van der Waals surface area contributed by atoms with Crippen LogP contribution in [0.4, 0.5) is 0 Å². The van der Waals surface area contributed by atoms with Crippen molar-refractivity contribution in [3.05, 3.63) is 34.2 Å². The first-order valence-corrected chi connectivity index (χ1v) is 8.83. The molecule has 8 heteroatoms. The number of hydrogen-bond acceptors (Lipinski definition) is 5. The van der Waals surface area contributed by atoms with E-state index in [0.29, 0.717) is 39.1 Å². The van der Waals surface area contributed by atoms with E-state index in [-0.39, 0.29) is 35.6 Å². The Bertz CT molecular complexity index is 747. The van der Waals surface area contributed by atoms with Gasteiger partial charge in [0.05, 0.1) is 18.1 Å². The summed E-state index contributed by atoms with van der Waals surface area (Å²) in [5, 5.41) is 2.89. The molecule has 1 aromatic heterocycles. The first kappa shape index (κ1) is 18.6. The van der Waals surface area contributed by atoms with Crippen molar-refractivity contribution < 1.29 is 19.1 Å². The van der Waals surface area contributed by atoms with Gasteiger partial charge >= 0.3 is 0 Å². The molecule has 2 amide bonds. The van der Waals surface area contributed by atoms with Gasteiger partial charge < -0.3 is 24.3 Å². The summed E-state index contributed by atoms with van der Waals surface area (Å²) in [5.74, 6) is -0.448. The predicted octanol–water partition coefficient (Wildman–Crippen LogP) is -0.231. The van der Waals surface area contributed by atoms with Gasteiger partial charge in [-0.3, -0.25) is 14.4 Å². The largest absolute Gasteiger partial charge is 0.383 e. The van der Waals surface area contributed by atoms with E-state index < -0.39 is 5.41 Å². The maximum absolute atomic E-state index is 12.9. The quantitative estimate of drug-likeness (QED) is 0.730. The Balaban J connectivity index is 1.81. The molecular weight excluding hydrogens is 338 g/mol. The van der Waals surface area contributed by atoms with Crippen molar-refractivity contribution in [2.75, 3.05) is 40.0 Å². The van der Waals surface area contributed by atoms with Crippen LogP contribution in [0, 0.1) is 5.41 Å². The molecule has 1 aromatic rings. The zero-order valence-electron chi connectivity index (χ0n) is 15.2. The number of fused-ring (bicyclic) bond motifs is 1. The number of methoxy groups -OCH3 is 1. The number of piperidine rings is 1. The topological polar surface area (TPSA) is 89.9 Å². The van der Waals surface area contributed by atoms with Gasteiger partial charge in [0.15, 0.2) is 0 Å². The van der Waals surface area contributed by atoms with E-state index in [1.54, 1.807) is 31.3 Å². The fourth-order valence-corrected chi connectivity index (χ4v) is 3.82. The van der Waals surface area contributed by atoms with E-state index in [4.69, 9.17) is 9.47 Å². The molecule has 0 aromatic carbocycles. The molecule has 2 saturated heterocycles. The lowest BCUT2D eigenvalue weighted by Crippen LogP contribution is -2.58. The summed E-state index contributed by atoms with van der Waals surface area (Å²) in [5.41, 5.74) is -0.968. The molecule has 1 N–H and O–H groups in total. The SMILES string of the molecule is COCCNC(=O)[C@@]12CCO[C@@H]1CCN(C(=O)c1cccn(C)c1=O)C2. The Morgan fingerprint density at radius 1 is 1.46 bits per heavy atom. The maximum Gasteiger partial charge on any atom is 0.263 e. The molecule has 2 aliphatic rings. The number of nitrogens with zero attached hydrogens (tertiary/aromatic N) is 2. The minimum Gasteiger partial charge on any atom is -0.383 e. The number of aryl methyl sites for hydroxylation is 1. The summed E-state index contributed by atoms with van der Waals surface area (Å²) >= 11 is 0. The van der Waals surface area contributed by atoms with Gasteiger partial charge in [-0.25, -0.2) is 0 Å². The summed E-state index contributed by atoms with van der Waals surface area (Å²) in [4.78, 5) is 39.6. The fraction of sp³-hybridized carbons (Fsp3) is 0.611. The number of ether oxygens (including phenoxy) is 2. The Kier molecular flexibility index (Phi) is 5.43. The first-order valence-electron chi connectivity index (χ1n) is 8.83. The van der Waals surface area contributed by atoms with Crippen molar-refractivity contribution in [2.45, 2.75) is 18.9 Å². The van der Waals surface area contributed by atoms with Crippen LogP contribution in [0.5, 0.6) is 0 Å². The number of rotatable bonds is 5. The third-order valence-corrected chi connectivity index (χ3v) is 5.30. The second kappa shape index (κ2) is 7.59. The van der Waals surface area contributed by atoms with Crippen LogP contribution in [0.1, 0.15) is 23.2 Å². The summed E-state index contributed by atoms with van der Waals surface area (Å²) in [7, 11) is 3.19. The second-order valence-electron chi connectivity index (χ2n) is 6.87. The molecule has 0 unspecified atom stereocenters. The minimum absolute atomic E-state index is 0.115. The second-order valence-corrected chi connectivity index (χ2v) is 6.87. The number of likely N-dealkylation sites (tertiary alicyclic amines) is 1. The molecule has 8 nitrogen and oxygen atoms in total. The zero-order valence-corrected chi connectivity index (χ0v) is 15.2. The molecular formula is C18H25N3O5. The monoisotopic (exact) mass is 363 g/mol. The zero-order chi connectivity index (χ0) is 18.7. The van der Waals surface area contributed by atoms with Crippen molar-refractivity contribution in [3.63, 3.8) is 0 Å². The number of aromatic nitrogens is 1. The predicted molar refractivity (Wildman–Crippen MR) is 93.9 cm³/mol. The van der Waals surface area contributed by atoms with Crippen molar-refractivity contribution in [1.82, 2.24) is 14.8 Å². The minimum atomic E-state index is -0.762. The number of pyridine rings is 1. The lowest BCUT2D eigenvalue weighted by molar-refractivity contribution is -0.138. The molecule has 0 aliphatic carbocycles. The smallest absolute Gasteiger partial charge is 0.263 e. The average Bonchev–Trinajstić information content (AvgIpc) is 3.08. The molecule has 2 fully saturated rings. The summed E-state index contributed by atoms with van der Waals surface area (Å²) in [6.07, 6.45) is 2.55. The number of amides is 2. The Morgan fingerprint density at radius 3 is 3.04 bits per heavy atom. The van der Waals surface area contributed by atoms with Crippen molar-refractivity contribution >= 4 is 11.8 Å². The summed E-state index contributed by atoms with van der Waals surface area (Å²) < 4.78 is 12.1.